The van der Waals surface area contributed by atoms with E-state index in [9.17, 15) is 18.0 Å². The lowest BCUT2D eigenvalue weighted by molar-refractivity contribution is -0.119. The van der Waals surface area contributed by atoms with E-state index in [0.29, 0.717) is 23.5 Å². The van der Waals surface area contributed by atoms with Gasteiger partial charge in [-0.2, -0.15) is 0 Å². The highest BCUT2D eigenvalue weighted by molar-refractivity contribution is 7.89. The van der Waals surface area contributed by atoms with Gasteiger partial charge in [0.15, 0.2) is 0 Å². The van der Waals surface area contributed by atoms with Gasteiger partial charge in [-0.3, -0.25) is 9.59 Å². The fourth-order valence-electron chi connectivity index (χ4n) is 3.15. The van der Waals surface area contributed by atoms with Crippen LogP contribution in [0.15, 0.2) is 46.7 Å². The van der Waals surface area contributed by atoms with E-state index in [2.05, 4.69) is 10.0 Å². The van der Waals surface area contributed by atoms with Gasteiger partial charge >= 0.3 is 0 Å². The van der Waals surface area contributed by atoms with E-state index in [4.69, 9.17) is 0 Å². The molecule has 2 N–H and O–H groups in total. The van der Waals surface area contributed by atoms with Crippen molar-refractivity contribution in [3.8, 4) is 0 Å². The van der Waals surface area contributed by atoms with Crippen molar-refractivity contribution in [3.05, 3.63) is 46.7 Å². The Morgan fingerprint density at radius 3 is 2.50 bits per heavy atom. The number of hydrogen-bond acceptors (Lipinski definition) is 5. The van der Waals surface area contributed by atoms with E-state index in [1.807, 2.05) is 11.4 Å². The molecule has 0 saturated carbocycles. The predicted molar refractivity (Wildman–Crippen MR) is 109 cm³/mol. The first-order valence-corrected chi connectivity index (χ1v) is 11.4. The summed E-state index contributed by atoms with van der Waals surface area (Å²) in [6.07, 6.45) is 1.38. The van der Waals surface area contributed by atoms with E-state index in [-0.39, 0.29) is 22.8 Å². The van der Waals surface area contributed by atoms with Crippen LogP contribution in [-0.2, 0) is 14.8 Å². The van der Waals surface area contributed by atoms with Crippen LogP contribution >= 0.6 is 11.3 Å². The van der Waals surface area contributed by atoms with Gasteiger partial charge in [-0.25, -0.2) is 13.1 Å². The number of nitrogens with zero attached hydrogens (tertiary/aromatic N) is 1. The molecule has 0 unspecified atom stereocenters. The molecule has 0 bridgehead atoms. The molecule has 0 aliphatic carbocycles. The molecule has 2 heterocycles. The first-order chi connectivity index (χ1) is 13.3. The highest BCUT2D eigenvalue weighted by Gasteiger charge is 2.34. The van der Waals surface area contributed by atoms with E-state index in [1.165, 1.54) is 23.5 Å². The minimum Gasteiger partial charge on any atom is -0.326 e. The summed E-state index contributed by atoms with van der Waals surface area (Å²) >= 11 is 1.36. The van der Waals surface area contributed by atoms with Crippen LogP contribution in [0.1, 0.15) is 36.4 Å². The van der Waals surface area contributed by atoms with Gasteiger partial charge in [0.2, 0.25) is 15.9 Å². The van der Waals surface area contributed by atoms with E-state index >= 15 is 0 Å². The molecular weight excluding hydrogens is 398 g/mol. The van der Waals surface area contributed by atoms with Gasteiger partial charge in [-0.1, -0.05) is 6.07 Å². The monoisotopic (exact) mass is 421 g/mol. The smallest absolute Gasteiger partial charge is 0.264 e. The number of likely N-dealkylation sites (tertiary alicyclic amines) is 1. The molecule has 2 aromatic rings. The molecule has 1 aliphatic heterocycles. The van der Waals surface area contributed by atoms with Crippen molar-refractivity contribution in [3.63, 3.8) is 0 Å². The van der Waals surface area contributed by atoms with E-state index in [1.54, 1.807) is 36.9 Å². The second-order valence-corrected chi connectivity index (χ2v) is 9.59. The Morgan fingerprint density at radius 2 is 1.89 bits per heavy atom. The van der Waals surface area contributed by atoms with Gasteiger partial charge in [-0.05, 0) is 62.4 Å². The summed E-state index contributed by atoms with van der Waals surface area (Å²) < 4.78 is 26.9. The maximum absolute atomic E-state index is 12.7. The molecule has 1 aliphatic rings. The number of anilines is 1. The third-order valence-corrected chi connectivity index (χ3v) is 6.90. The number of thiophene rings is 1. The van der Waals surface area contributed by atoms with E-state index in [0.717, 1.165) is 6.42 Å². The molecule has 1 saturated heterocycles. The zero-order valence-electron chi connectivity index (χ0n) is 15.7. The van der Waals surface area contributed by atoms with Crippen molar-refractivity contribution in [1.29, 1.82) is 0 Å². The minimum absolute atomic E-state index is 0.131. The van der Waals surface area contributed by atoms with Crippen LogP contribution in [0.4, 0.5) is 5.69 Å². The molecule has 1 fully saturated rings. The number of benzene rings is 1. The predicted octanol–water partition coefficient (Wildman–Crippen LogP) is 2.68. The van der Waals surface area contributed by atoms with Crippen LogP contribution in [0.2, 0.25) is 0 Å². The molecule has 2 amide bonds. The van der Waals surface area contributed by atoms with Gasteiger partial charge in [0.1, 0.15) is 6.04 Å². The number of sulfonamides is 1. The normalized spacial score (nSPS) is 17.1. The molecule has 0 radical (unpaired) electrons. The summed E-state index contributed by atoms with van der Waals surface area (Å²) in [4.78, 5) is 27.7. The number of rotatable bonds is 6. The Morgan fingerprint density at radius 1 is 1.18 bits per heavy atom. The molecular formula is C19H23N3O4S2. The number of hydrogen-bond donors (Lipinski definition) is 2. The maximum atomic E-state index is 12.7. The van der Waals surface area contributed by atoms with Crippen LogP contribution in [0, 0.1) is 0 Å². The quantitative estimate of drug-likeness (QED) is 0.750. The van der Waals surface area contributed by atoms with Gasteiger partial charge in [0.25, 0.3) is 5.91 Å². The second-order valence-electron chi connectivity index (χ2n) is 6.92. The summed E-state index contributed by atoms with van der Waals surface area (Å²) in [6, 6.07) is 8.82. The van der Waals surface area contributed by atoms with Crippen molar-refractivity contribution >= 4 is 38.9 Å². The SMILES string of the molecule is CC(C)NS(=O)(=O)c1ccc(NC(=O)[C@@H]2CCCN2C(=O)c2cccs2)cc1. The molecule has 28 heavy (non-hydrogen) atoms. The number of carbonyl (C=O) groups excluding carboxylic acids is 2. The van der Waals surface area contributed by atoms with Crippen LogP contribution in [0.25, 0.3) is 0 Å². The van der Waals surface area contributed by atoms with Crippen molar-refractivity contribution in [1.82, 2.24) is 9.62 Å². The molecule has 0 spiro atoms. The molecule has 1 atom stereocenters. The summed E-state index contributed by atoms with van der Waals surface area (Å²) in [5.41, 5.74) is 0.490. The fraction of sp³-hybridized carbons (Fsp3) is 0.368. The Labute approximate surface area is 168 Å². The summed E-state index contributed by atoms with van der Waals surface area (Å²) in [7, 11) is -3.58. The molecule has 9 heteroatoms. The third-order valence-electron chi connectivity index (χ3n) is 4.37. The van der Waals surface area contributed by atoms with Crippen LogP contribution in [0.5, 0.6) is 0 Å². The summed E-state index contributed by atoms with van der Waals surface area (Å²) in [6.45, 7) is 4.04. The largest absolute Gasteiger partial charge is 0.326 e. The van der Waals surface area contributed by atoms with Crippen molar-refractivity contribution in [2.75, 3.05) is 11.9 Å². The van der Waals surface area contributed by atoms with E-state index < -0.39 is 16.1 Å². The van der Waals surface area contributed by atoms with Crippen LogP contribution < -0.4 is 10.0 Å². The average Bonchev–Trinajstić information content (AvgIpc) is 3.32. The third kappa shape index (κ3) is 4.60. The Kier molecular flexibility index (Phi) is 6.17. The van der Waals surface area contributed by atoms with Crippen molar-refractivity contribution in [2.45, 2.75) is 43.7 Å². The lowest BCUT2D eigenvalue weighted by atomic mass is 10.2. The van der Waals surface area contributed by atoms with Gasteiger partial charge in [0, 0.05) is 18.3 Å². The average molecular weight is 422 g/mol. The number of amides is 2. The Hall–Kier alpha value is -2.23. The second kappa shape index (κ2) is 8.42. The first kappa shape index (κ1) is 20.5. The van der Waals surface area contributed by atoms with Crippen LogP contribution in [-0.4, -0.2) is 43.8 Å². The van der Waals surface area contributed by atoms with Crippen molar-refractivity contribution in [2.24, 2.45) is 0 Å². The number of carbonyl (C=O) groups is 2. The zero-order valence-corrected chi connectivity index (χ0v) is 17.3. The highest BCUT2D eigenvalue weighted by Crippen LogP contribution is 2.24. The highest BCUT2D eigenvalue weighted by atomic mass is 32.2. The Bertz CT molecular complexity index is 938. The Balaban J connectivity index is 1.68. The molecule has 7 nitrogen and oxygen atoms in total. The molecule has 1 aromatic carbocycles. The summed E-state index contributed by atoms with van der Waals surface area (Å²) in [5.74, 6) is -0.396. The lowest BCUT2D eigenvalue weighted by Gasteiger charge is -2.23. The standard InChI is InChI=1S/C19H23N3O4S2/c1-13(2)21-28(25,26)15-9-7-14(8-10-15)20-18(23)16-5-3-11-22(16)19(24)17-6-4-12-27-17/h4,6-10,12-13,16,21H,3,5,11H2,1-2H3,(H,20,23)/t16-/m0/s1. The molecule has 3 rings (SSSR count). The van der Waals surface area contributed by atoms with Gasteiger partial charge in [0.05, 0.1) is 9.77 Å². The maximum Gasteiger partial charge on any atom is 0.264 e. The first-order valence-electron chi connectivity index (χ1n) is 9.05. The van der Waals surface area contributed by atoms with Gasteiger partial charge < -0.3 is 10.2 Å². The summed E-state index contributed by atoms with van der Waals surface area (Å²) in [5, 5.41) is 4.62. The number of nitrogens with one attached hydrogen (secondary N) is 2. The van der Waals surface area contributed by atoms with Crippen molar-refractivity contribution < 1.29 is 18.0 Å². The van der Waals surface area contributed by atoms with Crippen LogP contribution in [0.3, 0.4) is 0 Å². The fourth-order valence-corrected chi connectivity index (χ4v) is 5.08. The topological polar surface area (TPSA) is 95.6 Å². The zero-order chi connectivity index (χ0) is 20.3. The molecule has 150 valence electrons. The lowest BCUT2D eigenvalue weighted by Crippen LogP contribution is -2.42. The minimum atomic E-state index is -3.58. The van der Waals surface area contributed by atoms with Gasteiger partial charge in [-0.15, -0.1) is 11.3 Å². The molecule has 1 aromatic heterocycles.